The van der Waals surface area contributed by atoms with Crippen LogP contribution in [0.25, 0.3) is 0 Å². The predicted octanol–water partition coefficient (Wildman–Crippen LogP) is 1.35. The molecule has 0 saturated carbocycles. The van der Waals surface area contributed by atoms with Crippen molar-refractivity contribution >= 4 is 5.84 Å². The summed E-state index contributed by atoms with van der Waals surface area (Å²) in [6.07, 6.45) is 1.48. The van der Waals surface area contributed by atoms with Crippen molar-refractivity contribution in [2.45, 2.75) is 25.8 Å². The van der Waals surface area contributed by atoms with Gasteiger partial charge in [-0.25, -0.2) is 0 Å². The summed E-state index contributed by atoms with van der Waals surface area (Å²) in [5.74, 6) is 1.12. The van der Waals surface area contributed by atoms with Crippen molar-refractivity contribution in [1.29, 1.82) is 0 Å². The molecule has 1 rings (SSSR count). The first-order valence-corrected chi connectivity index (χ1v) is 5.98. The molecule has 0 bridgehead atoms. The Hall–Kier alpha value is -1.75. The number of hydrogen-bond donors (Lipinski definition) is 3. The smallest absolute Gasteiger partial charge is 0.140 e. The maximum absolute atomic E-state index is 8.46. The van der Waals surface area contributed by atoms with Crippen molar-refractivity contribution in [2.75, 3.05) is 13.7 Å². The lowest BCUT2D eigenvalue weighted by molar-refractivity contribution is 0.316. The van der Waals surface area contributed by atoms with Gasteiger partial charge >= 0.3 is 0 Å². The van der Waals surface area contributed by atoms with E-state index in [2.05, 4.69) is 22.6 Å². The fraction of sp³-hybridized carbons (Fsp3) is 0.462. The Morgan fingerprint density at radius 1 is 1.44 bits per heavy atom. The molecular weight excluding hydrogens is 230 g/mol. The number of nitrogens with one attached hydrogen (secondary N) is 1. The van der Waals surface area contributed by atoms with Crippen molar-refractivity contribution in [3.63, 3.8) is 0 Å². The molecule has 0 aliphatic heterocycles. The summed E-state index contributed by atoms with van der Waals surface area (Å²) in [7, 11) is 1.66. The van der Waals surface area contributed by atoms with Crippen molar-refractivity contribution < 1.29 is 9.94 Å². The van der Waals surface area contributed by atoms with Crippen LogP contribution in [0.1, 0.15) is 18.9 Å². The minimum atomic E-state index is 0.194. The fourth-order valence-corrected chi connectivity index (χ4v) is 1.68. The minimum absolute atomic E-state index is 0.194. The number of methoxy groups -OCH3 is 1. The maximum atomic E-state index is 8.46. The van der Waals surface area contributed by atoms with Crippen molar-refractivity contribution in [2.24, 2.45) is 10.9 Å². The highest BCUT2D eigenvalue weighted by atomic mass is 16.5. The zero-order valence-electron chi connectivity index (χ0n) is 10.9. The van der Waals surface area contributed by atoms with E-state index < -0.39 is 0 Å². The van der Waals surface area contributed by atoms with Gasteiger partial charge in [-0.1, -0.05) is 17.3 Å². The monoisotopic (exact) mass is 251 g/mol. The molecule has 0 aromatic heterocycles. The van der Waals surface area contributed by atoms with Crippen LogP contribution in [0.15, 0.2) is 29.4 Å². The molecule has 0 aliphatic rings. The average molecular weight is 251 g/mol. The lowest BCUT2D eigenvalue weighted by atomic mass is 10.1. The molecule has 4 N–H and O–H groups in total. The van der Waals surface area contributed by atoms with E-state index in [1.807, 2.05) is 19.1 Å². The van der Waals surface area contributed by atoms with E-state index in [1.54, 1.807) is 7.11 Å². The van der Waals surface area contributed by atoms with Gasteiger partial charge in [-0.15, -0.1) is 0 Å². The van der Waals surface area contributed by atoms with Gasteiger partial charge < -0.3 is 21.0 Å². The molecule has 0 aliphatic carbocycles. The Kier molecular flexibility index (Phi) is 6.00. The van der Waals surface area contributed by atoms with Gasteiger partial charge in [0.25, 0.3) is 0 Å². The van der Waals surface area contributed by atoms with E-state index in [1.165, 1.54) is 5.56 Å². The summed E-state index contributed by atoms with van der Waals surface area (Å²) in [6.45, 7) is 2.86. The van der Waals surface area contributed by atoms with Crippen LogP contribution in [0, 0.1) is 0 Å². The average Bonchev–Trinajstić information content (AvgIpc) is 2.39. The van der Waals surface area contributed by atoms with E-state index in [4.69, 9.17) is 15.7 Å². The zero-order valence-corrected chi connectivity index (χ0v) is 10.9. The van der Waals surface area contributed by atoms with Crippen LogP contribution in [-0.4, -0.2) is 30.7 Å². The predicted molar refractivity (Wildman–Crippen MR) is 72.2 cm³/mol. The molecule has 0 fully saturated rings. The molecule has 1 aromatic carbocycles. The van der Waals surface area contributed by atoms with Gasteiger partial charge in [0.2, 0.25) is 0 Å². The van der Waals surface area contributed by atoms with Gasteiger partial charge in [0.05, 0.1) is 7.11 Å². The number of oxime groups is 1. The van der Waals surface area contributed by atoms with E-state index >= 15 is 0 Å². The third-order valence-corrected chi connectivity index (χ3v) is 2.71. The van der Waals surface area contributed by atoms with Gasteiger partial charge in [0.15, 0.2) is 0 Å². The number of hydrogen-bond acceptors (Lipinski definition) is 4. The topological polar surface area (TPSA) is 79.9 Å². The van der Waals surface area contributed by atoms with Gasteiger partial charge in [-0.05, 0) is 37.6 Å². The molecule has 18 heavy (non-hydrogen) atoms. The lowest BCUT2D eigenvalue weighted by Gasteiger charge is -2.12. The number of rotatable bonds is 7. The maximum Gasteiger partial charge on any atom is 0.140 e. The number of benzene rings is 1. The van der Waals surface area contributed by atoms with E-state index in [0.717, 1.165) is 18.7 Å². The molecule has 0 spiro atoms. The Morgan fingerprint density at radius 2 is 2.11 bits per heavy atom. The molecule has 5 nitrogen and oxygen atoms in total. The summed E-state index contributed by atoms with van der Waals surface area (Å²) in [4.78, 5) is 0. The summed E-state index contributed by atoms with van der Waals surface area (Å²) >= 11 is 0. The van der Waals surface area contributed by atoms with Crippen LogP contribution in [0.3, 0.4) is 0 Å². The zero-order chi connectivity index (χ0) is 13.4. The number of amidine groups is 1. The summed E-state index contributed by atoms with van der Waals surface area (Å²) in [6, 6.07) is 8.20. The Labute approximate surface area is 108 Å². The summed E-state index contributed by atoms with van der Waals surface area (Å²) in [5.41, 5.74) is 6.68. The van der Waals surface area contributed by atoms with Crippen LogP contribution < -0.4 is 15.8 Å². The molecular formula is C13H21N3O2. The van der Waals surface area contributed by atoms with Gasteiger partial charge in [-0.2, -0.15) is 0 Å². The molecule has 1 unspecified atom stereocenters. The summed E-state index contributed by atoms with van der Waals surface area (Å²) < 4.78 is 5.10. The van der Waals surface area contributed by atoms with E-state index in [-0.39, 0.29) is 11.9 Å². The van der Waals surface area contributed by atoms with Crippen LogP contribution in [-0.2, 0) is 6.42 Å². The van der Waals surface area contributed by atoms with Crippen molar-refractivity contribution in [3.8, 4) is 5.75 Å². The molecule has 0 radical (unpaired) electrons. The highest BCUT2D eigenvalue weighted by molar-refractivity contribution is 5.80. The molecule has 5 heteroatoms. The molecule has 100 valence electrons. The van der Waals surface area contributed by atoms with Crippen molar-refractivity contribution in [3.05, 3.63) is 29.8 Å². The second-order valence-corrected chi connectivity index (χ2v) is 4.25. The second kappa shape index (κ2) is 7.55. The van der Waals surface area contributed by atoms with Crippen LogP contribution >= 0.6 is 0 Å². The highest BCUT2D eigenvalue weighted by Crippen LogP contribution is 2.11. The van der Waals surface area contributed by atoms with Crippen LogP contribution in [0.2, 0.25) is 0 Å². The Balaban J connectivity index is 2.28. The first-order chi connectivity index (χ1) is 8.65. The molecule has 0 saturated heterocycles. The van der Waals surface area contributed by atoms with Gasteiger partial charge in [0, 0.05) is 12.5 Å². The minimum Gasteiger partial charge on any atom is -0.497 e. The lowest BCUT2D eigenvalue weighted by Crippen LogP contribution is -2.32. The van der Waals surface area contributed by atoms with Gasteiger partial charge in [-0.3, -0.25) is 0 Å². The standard InChI is InChI=1S/C13H21N3O2/c1-10(9-13(14)16-17)15-8-7-11-3-5-12(18-2)6-4-11/h3-6,10,15,17H,7-9H2,1-2H3,(H2,14,16). The fourth-order valence-electron chi connectivity index (χ4n) is 1.68. The third kappa shape index (κ3) is 5.05. The molecule has 0 heterocycles. The first-order valence-electron chi connectivity index (χ1n) is 5.98. The van der Waals surface area contributed by atoms with Crippen LogP contribution in [0.5, 0.6) is 5.75 Å². The van der Waals surface area contributed by atoms with Crippen molar-refractivity contribution in [1.82, 2.24) is 5.32 Å². The Bertz CT molecular complexity index is 376. The van der Waals surface area contributed by atoms with Crippen LogP contribution in [0.4, 0.5) is 0 Å². The van der Waals surface area contributed by atoms with Gasteiger partial charge in [0.1, 0.15) is 11.6 Å². The summed E-state index contributed by atoms with van der Waals surface area (Å²) in [5, 5.41) is 14.7. The first kappa shape index (κ1) is 14.3. The second-order valence-electron chi connectivity index (χ2n) is 4.25. The molecule has 1 atom stereocenters. The highest BCUT2D eigenvalue weighted by Gasteiger charge is 2.04. The quantitative estimate of drug-likeness (QED) is 0.296. The van der Waals surface area contributed by atoms with E-state index in [0.29, 0.717) is 6.42 Å². The Morgan fingerprint density at radius 3 is 2.67 bits per heavy atom. The number of nitrogens with zero attached hydrogens (tertiary/aromatic N) is 1. The molecule has 0 amide bonds. The SMILES string of the molecule is COc1ccc(CCNC(C)CC(N)=NO)cc1. The largest absolute Gasteiger partial charge is 0.497 e. The normalized spacial score (nSPS) is 13.3. The third-order valence-electron chi connectivity index (χ3n) is 2.71. The number of ether oxygens (including phenoxy) is 1. The van der Waals surface area contributed by atoms with E-state index in [9.17, 15) is 0 Å². The molecule has 1 aromatic rings. The number of nitrogens with two attached hydrogens (primary N) is 1.